The van der Waals surface area contributed by atoms with E-state index in [1.165, 1.54) is 17.6 Å². The van der Waals surface area contributed by atoms with E-state index in [0.717, 1.165) is 39.7 Å². The van der Waals surface area contributed by atoms with Gasteiger partial charge in [-0.05, 0) is 51.0 Å². The zero-order valence-corrected chi connectivity index (χ0v) is 20.3. The predicted octanol–water partition coefficient (Wildman–Crippen LogP) is 4.83. The number of nitrogens with one attached hydrogen (secondary N) is 1. The molecule has 5 rings (SSSR count). The van der Waals surface area contributed by atoms with Crippen molar-refractivity contribution in [3.8, 4) is 10.6 Å². The Balaban J connectivity index is 1.55. The van der Waals surface area contributed by atoms with Gasteiger partial charge in [-0.25, -0.2) is 13.4 Å². The number of hydrogen-bond acceptors (Lipinski definition) is 8. The van der Waals surface area contributed by atoms with Crippen molar-refractivity contribution in [3.63, 3.8) is 0 Å². The number of aliphatic imine (C=N–C) groups is 1. The van der Waals surface area contributed by atoms with E-state index in [4.69, 9.17) is 0 Å². The number of aromatic nitrogens is 2. The number of thiazole rings is 1. The van der Waals surface area contributed by atoms with E-state index in [2.05, 4.69) is 20.3 Å². The summed E-state index contributed by atoms with van der Waals surface area (Å²) in [4.78, 5) is 27.3. The number of pyridine rings is 1. The Labute approximate surface area is 196 Å². The molecule has 0 spiro atoms. The van der Waals surface area contributed by atoms with Crippen molar-refractivity contribution in [2.75, 3.05) is 11.6 Å². The van der Waals surface area contributed by atoms with Crippen molar-refractivity contribution in [1.82, 2.24) is 9.97 Å². The highest BCUT2D eigenvalue weighted by atomic mass is 32.2. The Hall–Kier alpha value is -2.91. The number of anilines is 2. The van der Waals surface area contributed by atoms with Crippen molar-refractivity contribution in [2.24, 2.45) is 10.9 Å². The lowest BCUT2D eigenvalue weighted by atomic mass is 10.1. The molecule has 7 nitrogen and oxygen atoms in total. The maximum atomic E-state index is 12.7. The van der Waals surface area contributed by atoms with Gasteiger partial charge in [0.2, 0.25) is 0 Å². The summed E-state index contributed by atoms with van der Waals surface area (Å²) in [5, 5.41) is 4.06. The molecular formula is C24H24N4O3S2. The van der Waals surface area contributed by atoms with Crippen LogP contribution >= 0.6 is 11.3 Å². The number of rotatable bonds is 7. The average molecular weight is 481 g/mol. The van der Waals surface area contributed by atoms with Gasteiger partial charge in [-0.15, -0.1) is 11.3 Å². The molecule has 0 saturated heterocycles. The van der Waals surface area contributed by atoms with E-state index in [9.17, 15) is 13.2 Å². The maximum Gasteiger partial charge on any atom is 0.177 e. The molecule has 1 saturated carbocycles. The molecule has 0 radical (unpaired) electrons. The van der Waals surface area contributed by atoms with Gasteiger partial charge in [0, 0.05) is 47.4 Å². The standard InChI is InChI=1S/C24H24N4O3S2/c1-13-8-19-23(26-13)20(10-17(27-19)11-21(29)15-4-5-15)28-18-7-6-16(9-22(18)33(3,30)31)24-25-12-14(2)32-24/h6-7,9-10,12,15H,4-5,8,11H2,1-3H3,(H,27,28). The lowest BCUT2D eigenvalue weighted by Crippen LogP contribution is -2.09. The van der Waals surface area contributed by atoms with Crippen molar-refractivity contribution < 1.29 is 13.2 Å². The second-order valence-corrected chi connectivity index (χ2v) is 12.0. The topological polar surface area (TPSA) is 101 Å². The van der Waals surface area contributed by atoms with Crippen LogP contribution in [0.5, 0.6) is 0 Å². The first-order valence-corrected chi connectivity index (χ1v) is 13.5. The van der Waals surface area contributed by atoms with Gasteiger partial charge in [0.15, 0.2) is 9.84 Å². The number of Topliss-reactive ketones (excluding diaryl/α,β-unsaturated/α-hetero) is 1. The minimum Gasteiger partial charge on any atom is -0.353 e. The molecule has 2 aliphatic rings. The van der Waals surface area contributed by atoms with Crippen LogP contribution in [0.1, 0.15) is 36.0 Å². The van der Waals surface area contributed by atoms with Crippen molar-refractivity contribution >= 4 is 49.7 Å². The Morgan fingerprint density at radius 2 is 1.97 bits per heavy atom. The molecule has 33 heavy (non-hydrogen) atoms. The monoisotopic (exact) mass is 480 g/mol. The van der Waals surface area contributed by atoms with Gasteiger partial charge in [-0.1, -0.05) is 0 Å². The van der Waals surface area contributed by atoms with E-state index < -0.39 is 9.84 Å². The zero-order valence-electron chi connectivity index (χ0n) is 18.7. The molecule has 0 bridgehead atoms. The second-order valence-electron chi connectivity index (χ2n) is 8.78. The molecule has 1 N–H and O–H groups in total. The van der Waals surface area contributed by atoms with Crippen LogP contribution in [-0.4, -0.2) is 36.1 Å². The van der Waals surface area contributed by atoms with Crippen molar-refractivity contribution in [2.45, 2.75) is 44.4 Å². The predicted molar refractivity (Wildman–Crippen MR) is 131 cm³/mol. The van der Waals surface area contributed by atoms with Crippen LogP contribution in [-0.2, 0) is 27.5 Å². The first kappa shape index (κ1) is 21.9. The summed E-state index contributed by atoms with van der Waals surface area (Å²) in [5.41, 5.74) is 5.02. The molecule has 3 aromatic rings. The lowest BCUT2D eigenvalue weighted by Gasteiger charge is -2.15. The van der Waals surface area contributed by atoms with Crippen LogP contribution in [0.2, 0.25) is 0 Å². The van der Waals surface area contributed by atoms with Gasteiger partial charge in [-0.3, -0.25) is 14.8 Å². The van der Waals surface area contributed by atoms with E-state index in [-0.39, 0.29) is 23.0 Å². The quantitative estimate of drug-likeness (QED) is 0.520. The van der Waals surface area contributed by atoms with Gasteiger partial charge >= 0.3 is 0 Å². The molecule has 0 amide bonds. The Bertz CT molecular complexity index is 1420. The first-order valence-electron chi connectivity index (χ1n) is 10.8. The maximum absolute atomic E-state index is 12.7. The fraction of sp³-hybridized carbons (Fsp3) is 0.333. The number of nitrogens with zero attached hydrogens (tertiary/aromatic N) is 3. The van der Waals surface area contributed by atoms with Crippen LogP contribution in [0.4, 0.5) is 17.1 Å². The van der Waals surface area contributed by atoms with Gasteiger partial charge in [-0.2, -0.15) is 0 Å². The summed E-state index contributed by atoms with van der Waals surface area (Å²) in [5.74, 6) is 0.372. The Morgan fingerprint density at radius 1 is 1.18 bits per heavy atom. The normalized spacial score (nSPS) is 15.3. The molecule has 1 aromatic carbocycles. The zero-order chi connectivity index (χ0) is 23.3. The molecule has 170 valence electrons. The molecule has 1 fully saturated rings. The first-order chi connectivity index (χ1) is 15.7. The highest BCUT2D eigenvalue weighted by Crippen LogP contribution is 2.39. The summed E-state index contributed by atoms with van der Waals surface area (Å²) in [6.07, 6.45) is 5.80. The minimum atomic E-state index is -3.53. The van der Waals surface area contributed by atoms with Crippen molar-refractivity contribution in [3.05, 3.63) is 46.7 Å². The number of fused-ring (bicyclic) bond motifs is 1. The molecule has 1 aliphatic carbocycles. The number of hydrogen-bond donors (Lipinski definition) is 1. The smallest absolute Gasteiger partial charge is 0.177 e. The van der Waals surface area contributed by atoms with E-state index in [0.29, 0.717) is 29.2 Å². The number of sulfone groups is 1. The Kier molecular flexibility index (Phi) is 5.41. The molecule has 3 heterocycles. The fourth-order valence-corrected chi connectivity index (χ4v) is 5.60. The molecule has 0 unspecified atom stereocenters. The lowest BCUT2D eigenvalue weighted by molar-refractivity contribution is -0.119. The van der Waals surface area contributed by atoms with Gasteiger partial charge < -0.3 is 5.32 Å². The minimum absolute atomic E-state index is 0.160. The van der Waals surface area contributed by atoms with Crippen LogP contribution in [0, 0.1) is 12.8 Å². The largest absolute Gasteiger partial charge is 0.353 e. The Morgan fingerprint density at radius 3 is 2.64 bits per heavy atom. The summed E-state index contributed by atoms with van der Waals surface area (Å²) in [6, 6.07) is 7.10. The van der Waals surface area contributed by atoms with Crippen LogP contribution in [0.3, 0.4) is 0 Å². The molecule has 0 atom stereocenters. The van der Waals surface area contributed by atoms with Gasteiger partial charge in [0.05, 0.1) is 27.7 Å². The fourth-order valence-electron chi connectivity index (χ4n) is 3.98. The molecule has 2 aromatic heterocycles. The SMILES string of the molecule is CC1=Nc2c(Nc3ccc(-c4ncc(C)s4)cc3S(C)(=O)=O)cc(CC(=O)C3CC3)nc2C1. The number of benzene rings is 1. The highest BCUT2D eigenvalue weighted by Gasteiger charge is 2.30. The number of carbonyl (C=O) groups excluding carboxylic acids is 1. The molecule has 1 aliphatic heterocycles. The second kappa shape index (κ2) is 8.14. The van der Waals surface area contributed by atoms with Crippen molar-refractivity contribution in [1.29, 1.82) is 0 Å². The summed E-state index contributed by atoms with van der Waals surface area (Å²) >= 11 is 1.52. The average Bonchev–Trinajstić information content (AvgIpc) is 3.40. The van der Waals surface area contributed by atoms with E-state index in [1.54, 1.807) is 18.3 Å². The third-order valence-corrected chi connectivity index (χ3v) is 7.85. The van der Waals surface area contributed by atoms with Crippen LogP contribution in [0.25, 0.3) is 10.6 Å². The third-order valence-electron chi connectivity index (χ3n) is 5.75. The third kappa shape index (κ3) is 4.60. The van der Waals surface area contributed by atoms with Crippen LogP contribution < -0.4 is 5.32 Å². The number of carbonyl (C=O) groups is 1. The van der Waals surface area contributed by atoms with Gasteiger partial charge in [0.25, 0.3) is 0 Å². The van der Waals surface area contributed by atoms with Gasteiger partial charge in [0.1, 0.15) is 16.5 Å². The van der Waals surface area contributed by atoms with Crippen LogP contribution in [0.15, 0.2) is 40.4 Å². The summed E-state index contributed by atoms with van der Waals surface area (Å²) in [7, 11) is -3.53. The highest BCUT2D eigenvalue weighted by molar-refractivity contribution is 7.90. The molecule has 9 heteroatoms. The van der Waals surface area contributed by atoms with E-state index in [1.807, 2.05) is 26.0 Å². The van der Waals surface area contributed by atoms with E-state index >= 15 is 0 Å². The number of aryl methyl sites for hydroxylation is 1. The summed E-state index contributed by atoms with van der Waals surface area (Å²) < 4.78 is 25.3. The number of ketones is 1. The molecular weight excluding hydrogens is 456 g/mol. The summed E-state index contributed by atoms with van der Waals surface area (Å²) in [6.45, 7) is 3.90.